The van der Waals surface area contributed by atoms with Gasteiger partial charge in [0.15, 0.2) is 0 Å². The van der Waals surface area contributed by atoms with Gasteiger partial charge in [-0.1, -0.05) is 6.92 Å². The van der Waals surface area contributed by atoms with Crippen molar-refractivity contribution in [2.24, 2.45) is 0 Å². The average molecular weight is 247 g/mol. The molecule has 98 valence electrons. The lowest BCUT2D eigenvalue weighted by Gasteiger charge is -2.16. The van der Waals surface area contributed by atoms with Gasteiger partial charge in [-0.25, -0.2) is 0 Å². The highest BCUT2D eigenvalue weighted by molar-refractivity contribution is 5.33. The lowest BCUT2D eigenvalue weighted by atomic mass is 10.0. The van der Waals surface area contributed by atoms with Crippen molar-refractivity contribution < 1.29 is 8.83 Å². The van der Waals surface area contributed by atoms with Crippen molar-refractivity contribution >= 4 is 0 Å². The van der Waals surface area contributed by atoms with Crippen LogP contribution in [0.3, 0.4) is 0 Å². The van der Waals surface area contributed by atoms with E-state index >= 15 is 0 Å². The molecule has 0 fully saturated rings. The molecule has 0 aliphatic carbocycles. The minimum Gasteiger partial charge on any atom is -0.467 e. The first kappa shape index (κ1) is 13.0. The molecule has 0 spiro atoms. The van der Waals surface area contributed by atoms with Crippen molar-refractivity contribution in [2.75, 3.05) is 6.54 Å². The monoisotopic (exact) mass is 247 g/mol. The molecule has 2 aromatic heterocycles. The molecule has 0 aliphatic heterocycles. The molecule has 18 heavy (non-hydrogen) atoms. The fourth-order valence-corrected chi connectivity index (χ4v) is 2.25. The van der Waals surface area contributed by atoms with Crippen molar-refractivity contribution in [2.45, 2.75) is 40.2 Å². The van der Waals surface area contributed by atoms with Gasteiger partial charge in [-0.3, -0.25) is 0 Å². The quantitative estimate of drug-likeness (QED) is 0.871. The topological polar surface area (TPSA) is 38.3 Å². The van der Waals surface area contributed by atoms with Crippen LogP contribution in [0, 0.1) is 20.8 Å². The number of hydrogen-bond acceptors (Lipinski definition) is 3. The maximum absolute atomic E-state index is 5.64. The second-order valence-electron chi connectivity index (χ2n) is 4.72. The Morgan fingerprint density at radius 1 is 1.28 bits per heavy atom. The fourth-order valence-electron chi connectivity index (χ4n) is 2.25. The van der Waals surface area contributed by atoms with Gasteiger partial charge >= 0.3 is 0 Å². The van der Waals surface area contributed by atoms with Crippen LogP contribution < -0.4 is 5.32 Å². The third kappa shape index (κ3) is 2.51. The SMILES string of the molecule is CCCNC(c1cc(C)oc1C)c1occc1C. The van der Waals surface area contributed by atoms with Gasteiger partial charge in [0.2, 0.25) is 0 Å². The van der Waals surface area contributed by atoms with Crippen molar-refractivity contribution in [3.63, 3.8) is 0 Å². The first-order valence-corrected chi connectivity index (χ1v) is 6.47. The van der Waals surface area contributed by atoms with E-state index in [1.54, 1.807) is 6.26 Å². The van der Waals surface area contributed by atoms with E-state index in [1.165, 1.54) is 11.1 Å². The smallest absolute Gasteiger partial charge is 0.128 e. The summed E-state index contributed by atoms with van der Waals surface area (Å²) in [6.07, 6.45) is 2.83. The summed E-state index contributed by atoms with van der Waals surface area (Å²) in [4.78, 5) is 0. The van der Waals surface area contributed by atoms with Gasteiger partial charge < -0.3 is 14.2 Å². The van der Waals surface area contributed by atoms with Crippen molar-refractivity contribution in [3.05, 3.63) is 46.8 Å². The van der Waals surface area contributed by atoms with Crippen LogP contribution in [-0.4, -0.2) is 6.54 Å². The summed E-state index contributed by atoms with van der Waals surface area (Å²) in [6, 6.07) is 4.17. The Morgan fingerprint density at radius 3 is 2.56 bits per heavy atom. The third-order valence-electron chi connectivity index (χ3n) is 3.15. The third-order valence-corrected chi connectivity index (χ3v) is 3.15. The molecule has 3 nitrogen and oxygen atoms in total. The highest BCUT2D eigenvalue weighted by Crippen LogP contribution is 2.29. The normalized spacial score (nSPS) is 12.9. The summed E-state index contributed by atoms with van der Waals surface area (Å²) in [5.74, 6) is 2.87. The number of furan rings is 2. The summed E-state index contributed by atoms with van der Waals surface area (Å²) in [7, 11) is 0. The lowest BCUT2D eigenvalue weighted by molar-refractivity contribution is 0.435. The molecule has 0 bridgehead atoms. The largest absolute Gasteiger partial charge is 0.467 e. The van der Waals surface area contributed by atoms with E-state index in [-0.39, 0.29) is 6.04 Å². The molecule has 2 heterocycles. The van der Waals surface area contributed by atoms with Crippen molar-refractivity contribution in [1.82, 2.24) is 5.32 Å². The molecule has 2 aromatic rings. The standard InChI is InChI=1S/C15H21NO2/c1-5-7-16-14(15-10(2)6-8-17-15)13-9-11(3)18-12(13)4/h6,8-9,14,16H,5,7H2,1-4H3. The molecule has 1 N–H and O–H groups in total. The second kappa shape index (κ2) is 5.44. The zero-order valence-electron chi connectivity index (χ0n) is 11.5. The average Bonchev–Trinajstić information content (AvgIpc) is 2.87. The Bertz CT molecular complexity index is 510. The number of nitrogens with one attached hydrogen (secondary N) is 1. The minimum absolute atomic E-state index is 0.0809. The number of aryl methyl sites for hydroxylation is 3. The molecule has 0 aliphatic rings. The molecular formula is C15H21NO2. The van der Waals surface area contributed by atoms with Crippen LogP contribution in [0.15, 0.2) is 27.2 Å². The lowest BCUT2D eigenvalue weighted by Crippen LogP contribution is -2.23. The first-order valence-electron chi connectivity index (χ1n) is 6.47. The van der Waals surface area contributed by atoms with E-state index < -0.39 is 0 Å². The maximum Gasteiger partial charge on any atom is 0.128 e. The van der Waals surface area contributed by atoms with Crippen LogP contribution in [0.2, 0.25) is 0 Å². The zero-order chi connectivity index (χ0) is 13.1. The van der Waals surface area contributed by atoms with Crippen LogP contribution >= 0.6 is 0 Å². The van der Waals surface area contributed by atoms with E-state index in [2.05, 4.69) is 25.2 Å². The number of hydrogen-bond donors (Lipinski definition) is 1. The van der Waals surface area contributed by atoms with Crippen LogP contribution in [0.1, 0.15) is 47.8 Å². The Hall–Kier alpha value is -1.48. The summed E-state index contributed by atoms with van der Waals surface area (Å²) < 4.78 is 11.3. The zero-order valence-corrected chi connectivity index (χ0v) is 11.5. The Balaban J connectivity index is 2.37. The van der Waals surface area contributed by atoms with Crippen molar-refractivity contribution in [1.29, 1.82) is 0 Å². The Kier molecular flexibility index (Phi) is 3.92. The highest BCUT2D eigenvalue weighted by Gasteiger charge is 2.22. The van der Waals surface area contributed by atoms with E-state index in [9.17, 15) is 0 Å². The second-order valence-corrected chi connectivity index (χ2v) is 4.72. The predicted molar refractivity (Wildman–Crippen MR) is 71.8 cm³/mol. The Labute approximate surface area is 108 Å². The van der Waals surface area contributed by atoms with Gasteiger partial charge in [-0.2, -0.15) is 0 Å². The van der Waals surface area contributed by atoms with E-state index in [4.69, 9.17) is 8.83 Å². The molecule has 0 saturated heterocycles. The van der Waals surface area contributed by atoms with Gasteiger partial charge in [0.05, 0.1) is 12.3 Å². The van der Waals surface area contributed by atoms with Gasteiger partial charge in [-0.05, 0) is 51.4 Å². The first-order chi connectivity index (χ1) is 8.63. The van der Waals surface area contributed by atoms with Crippen LogP contribution in [-0.2, 0) is 0 Å². The molecule has 1 atom stereocenters. The summed E-state index contributed by atoms with van der Waals surface area (Å²) in [5, 5.41) is 3.53. The summed E-state index contributed by atoms with van der Waals surface area (Å²) in [6.45, 7) is 9.16. The highest BCUT2D eigenvalue weighted by atomic mass is 16.3. The predicted octanol–water partition coefficient (Wildman–Crippen LogP) is 3.89. The summed E-state index contributed by atoms with van der Waals surface area (Å²) >= 11 is 0. The maximum atomic E-state index is 5.64. The van der Waals surface area contributed by atoms with Gasteiger partial charge in [0, 0.05) is 5.56 Å². The van der Waals surface area contributed by atoms with Crippen LogP contribution in [0.25, 0.3) is 0 Å². The van der Waals surface area contributed by atoms with E-state index in [0.717, 1.165) is 30.2 Å². The number of rotatable bonds is 5. The molecule has 1 unspecified atom stereocenters. The van der Waals surface area contributed by atoms with Gasteiger partial charge in [-0.15, -0.1) is 0 Å². The molecule has 3 heteroatoms. The Morgan fingerprint density at radius 2 is 2.06 bits per heavy atom. The summed E-state index contributed by atoms with van der Waals surface area (Å²) in [5.41, 5.74) is 2.33. The molecule has 0 radical (unpaired) electrons. The molecule has 0 saturated carbocycles. The molecule has 2 rings (SSSR count). The van der Waals surface area contributed by atoms with Gasteiger partial charge in [0.25, 0.3) is 0 Å². The van der Waals surface area contributed by atoms with Gasteiger partial charge in [0.1, 0.15) is 17.3 Å². The van der Waals surface area contributed by atoms with Crippen LogP contribution in [0.4, 0.5) is 0 Å². The molecule has 0 aromatic carbocycles. The minimum atomic E-state index is 0.0809. The fraction of sp³-hybridized carbons (Fsp3) is 0.467. The van der Waals surface area contributed by atoms with Crippen molar-refractivity contribution in [3.8, 4) is 0 Å². The van der Waals surface area contributed by atoms with Crippen LogP contribution in [0.5, 0.6) is 0 Å². The molecule has 0 amide bonds. The molecular weight excluding hydrogens is 226 g/mol. The van der Waals surface area contributed by atoms with E-state index in [1.807, 2.05) is 19.9 Å². The van der Waals surface area contributed by atoms with E-state index in [0.29, 0.717) is 0 Å².